The Kier molecular flexibility index (Phi) is 4.90. The number of carbonyl (C=O) groups is 1. The Hall–Kier alpha value is -1.65. The molecule has 1 amide bonds. The van der Waals surface area contributed by atoms with Crippen molar-refractivity contribution in [2.24, 2.45) is 5.92 Å². The van der Waals surface area contributed by atoms with Crippen LogP contribution in [-0.4, -0.2) is 30.1 Å². The minimum Gasteiger partial charge on any atom is -0.381 e. The van der Waals surface area contributed by atoms with E-state index in [-0.39, 0.29) is 17.9 Å². The second-order valence-corrected chi connectivity index (χ2v) is 6.97. The van der Waals surface area contributed by atoms with Crippen LogP contribution in [0.1, 0.15) is 42.9 Å². The van der Waals surface area contributed by atoms with Crippen molar-refractivity contribution in [1.82, 2.24) is 10.3 Å². The number of aromatic nitrogens is 1. The minimum absolute atomic E-state index is 0.0233. The first kappa shape index (κ1) is 15.3. The Morgan fingerprint density at radius 1 is 1.36 bits per heavy atom. The van der Waals surface area contributed by atoms with Crippen molar-refractivity contribution in [1.29, 1.82) is 5.26 Å². The van der Waals surface area contributed by atoms with Gasteiger partial charge in [0.05, 0.1) is 0 Å². The summed E-state index contributed by atoms with van der Waals surface area (Å²) >= 11 is 1.57. The second kappa shape index (κ2) is 7.07. The molecule has 2 aliphatic rings. The SMILES string of the molecule is N#CN[C@@H]1CC[C@@H](C(=O)Nc2ncc(C3CCOCC3)s2)C1. The molecule has 1 saturated heterocycles. The summed E-state index contributed by atoms with van der Waals surface area (Å²) in [5.41, 5.74) is 0. The van der Waals surface area contributed by atoms with Crippen molar-refractivity contribution in [2.45, 2.75) is 44.1 Å². The predicted octanol–water partition coefficient (Wildman–Crippen LogP) is 2.21. The van der Waals surface area contributed by atoms with E-state index in [1.807, 2.05) is 12.4 Å². The maximum atomic E-state index is 12.3. The Balaban J connectivity index is 1.54. The number of hydrogen-bond donors (Lipinski definition) is 2. The molecule has 0 aromatic carbocycles. The van der Waals surface area contributed by atoms with Crippen LogP contribution < -0.4 is 10.6 Å². The average molecular weight is 320 g/mol. The van der Waals surface area contributed by atoms with Gasteiger partial charge in [-0.1, -0.05) is 0 Å². The number of nitrogens with zero attached hydrogens (tertiary/aromatic N) is 2. The molecule has 7 heteroatoms. The summed E-state index contributed by atoms with van der Waals surface area (Å²) in [4.78, 5) is 17.8. The van der Waals surface area contributed by atoms with Crippen molar-refractivity contribution in [2.75, 3.05) is 18.5 Å². The maximum Gasteiger partial charge on any atom is 0.229 e. The summed E-state index contributed by atoms with van der Waals surface area (Å²) in [5.74, 6) is 0.504. The number of nitriles is 1. The molecule has 1 aromatic heterocycles. The molecule has 0 bridgehead atoms. The normalized spacial score (nSPS) is 25.6. The van der Waals surface area contributed by atoms with Gasteiger partial charge in [0.2, 0.25) is 5.91 Å². The number of ether oxygens (including phenoxy) is 1. The van der Waals surface area contributed by atoms with Gasteiger partial charge < -0.3 is 15.4 Å². The molecule has 1 aliphatic carbocycles. The van der Waals surface area contributed by atoms with E-state index in [1.165, 1.54) is 4.88 Å². The molecule has 22 heavy (non-hydrogen) atoms. The van der Waals surface area contributed by atoms with Gasteiger partial charge in [-0.05, 0) is 38.0 Å². The predicted molar refractivity (Wildman–Crippen MR) is 83.4 cm³/mol. The lowest BCUT2D eigenvalue weighted by Crippen LogP contribution is -2.25. The van der Waals surface area contributed by atoms with Gasteiger partial charge >= 0.3 is 0 Å². The number of nitrogens with one attached hydrogen (secondary N) is 2. The van der Waals surface area contributed by atoms with E-state index in [0.29, 0.717) is 11.0 Å². The highest BCUT2D eigenvalue weighted by Gasteiger charge is 2.30. The molecule has 1 aliphatic heterocycles. The monoisotopic (exact) mass is 320 g/mol. The molecule has 0 unspecified atom stereocenters. The molecule has 0 radical (unpaired) electrons. The van der Waals surface area contributed by atoms with Crippen LogP contribution in [0.25, 0.3) is 0 Å². The molecular weight excluding hydrogens is 300 g/mol. The van der Waals surface area contributed by atoms with Gasteiger partial charge in [0.15, 0.2) is 11.3 Å². The Morgan fingerprint density at radius 3 is 2.95 bits per heavy atom. The number of anilines is 1. The van der Waals surface area contributed by atoms with E-state index in [2.05, 4.69) is 15.6 Å². The molecule has 2 fully saturated rings. The average Bonchev–Trinajstić information content (AvgIpc) is 3.18. The first-order chi connectivity index (χ1) is 10.8. The number of carbonyl (C=O) groups excluding carboxylic acids is 1. The van der Waals surface area contributed by atoms with Crippen molar-refractivity contribution in [3.05, 3.63) is 11.1 Å². The van der Waals surface area contributed by atoms with Crippen molar-refractivity contribution >= 4 is 22.4 Å². The van der Waals surface area contributed by atoms with Gasteiger partial charge in [0.25, 0.3) is 0 Å². The lowest BCUT2D eigenvalue weighted by molar-refractivity contribution is -0.119. The van der Waals surface area contributed by atoms with E-state index in [4.69, 9.17) is 10.00 Å². The highest BCUT2D eigenvalue weighted by Crippen LogP contribution is 2.33. The van der Waals surface area contributed by atoms with Crippen molar-refractivity contribution < 1.29 is 9.53 Å². The van der Waals surface area contributed by atoms with Crippen LogP contribution in [0.5, 0.6) is 0 Å². The molecule has 1 saturated carbocycles. The molecule has 3 rings (SSSR count). The van der Waals surface area contributed by atoms with Gasteiger partial charge in [-0.3, -0.25) is 4.79 Å². The zero-order valence-corrected chi connectivity index (χ0v) is 13.2. The number of rotatable bonds is 4. The van der Waals surface area contributed by atoms with E-state index < -0.39 is 0 Å². The summed E-state index contributed by atoms with van der Waals surface area (Å²) in [7, 11) is 0. The van der Waals surface area contributed by atoms with Crippen LogP contribution in [0.15, 0.2) is 6.20 Å². The largest absolute Gasteiger partial charge is 0.381 e. The minimum atomic E-state index is -0.0266. The maximum absolute atomic E-state index is 12.3. The van der Waals surface area contributed by atoms with Crippen LogP contribution >= 0.6 is 11.3 Å². The van der Waals surface area contributed by atoms with E-state index >= 15 is 0 Å². The van der Waals surface area contributed by atoms with Crippen LogP contribution in [0, 0.1) is 17.4 Å². The smallest absolute Gasteiger partial charge is 0.229 e. The molecule has 2 N–H and O–H groups in total. The summed E-state index contributed by atoms with van der Waals surface area (Å²) < 4.78 is 5.38. The molecule has 2 heterocycles. The number of amides is 1. The van der Waals surface area contributed by atoms with Crippen LogP contribution in [0.4, 0.5) is 5.13 Å². The third-order valence-electron chi connectivity index (χ3n) is 4.45. The third-order valence-corrected chi connectivity index (χ3v) is 5.52. The van der Waals surface area contributed by atoms with Crippen LogP contribution in [0.2, 0.25) is 0 Å². The first-order valence-corrected chi connectivity index (χ1v) is 8.57. The fourth-order valence-corrected chi connectivity index (χ4v) is 4.15. The van der Waals surface area contributed by atoms with Crippen molar-refractivity contribution in [3.63, 3.8) is 0 Å². The number of thiazole rings is 1. The van der Waals surface area contributed by atoms with Gasteiger partial charge in [-0.2, -0.15) is 5.26 Å². The quantitative estimate of drug-likeness (QED) is 0.656. The Bertz CT molecular complexity index is 562. The van der Waals surface area contributed by atoms with Crippen molar-refractivity contribution in [3.8, 4) is 6.19 Å². The van der Waals surface area contributed by atoms with E-state index in [0.717, 1.165) is 45.3 Å². The summed E-state index contributed by atoms with van der Waals surface area (Å²) in [6.07, 6.45) is 8.31. The highest BCUT2D eigenvalue weighted by molar-refractivity contribution is 7.15. The second-order valence-electron chi connectivity index (χ2n) is 5.91. The lowest BCUT2D eigenvalue weighted by Gasteiger charge is -2.20. The molecule has 0 spiro atoms. The summed E-state index contributed by atoms with van der Waals surface area (Å²) in [6.45, 7) is 1.61. The molecule has 1 aromatic rings. The Labute approximate surface area is 133 Å². The summed E-state index contributed by atoms with van der Waals surface area (Å²) in [6, 6.07) is 0.134. The number of hydrogen-bond acceptors (Lipinski definition) is 6. The zero-order chi connectivity index (χ0) is 15.4. The molecule has 118 valence electrons. The fraction of sp³-hybridized carbons (Fsp3) is 0.667. The fourth-order valence-electron chi connectivity index (χ4n) is 3.16. The molecular formula is C15H20N4O2S. The van der Waals surface area contributed by atoms with E-state index in [9.17, 15) is 4.79 Å². The summed E-state index contributed by atoms with van der Waals surface area (Å²) in [5, 5.41) is 15.0. The van der Waals surface area contributed by atoms with Crippen LogP contribution in [0.3, 0.4) is 0 Å². The molecule has 6 nitrogen and oxygen atoms in total. The van der Waals surface area contributed by atoms with Crippen LogP contribution in [-0.2, 0) is 9.53 Å². The van der Waals surface area contributed by atoms with E-state index in [1.54, 1.807) is 11.3 Å². The zero-order valence-electron chi connectivity index (χ0n) is 12.4. The highest BCUT2D eigenvalue weighted by atomic mass is 32.1. The third kappa shape index (κ3) is 3.57. The van der Waals surface area contributed by atoms with Gasteiger partial charge in [0.1, 0.15) is 0 Å². The van der Waals surface area contributed by atoms with Gasteiger partial charge in [0, 0.05) is 36.2 Å². The topological polar surface area (TPSA) is 87.0 Å². The van der Waals surface area contributed by atoms with Gasteiger partial charge in [-0.25, -0.2) is 4.98 Å². The standard InChI is InChI=1S/C15H20N4O2S/c16-9-18-12-2-1-11(7-12)14(20)19-15-17-8-13(22-15)10-3-5-21-6-4-10/h8,10-12,18H,1-7H2,(H,17,19,20)/t11-,12-/m1/s1. The first-order valence-electron chi connectivity index (χ1n) is 7.75. The molecule has 2 atom stereocenters. The Morgan fingerprint density at radius 2 is 2.18 bits per heavy atom. The van der Waals surface area contributed by atoms with Gasteiger partial charge in [-0.15, -0.1) is 11.3 Å². The lowest BCUT2D eigenvalue weighted by atomic mass is 9.99.